The van der Waals surface area contributed by atoms with E-state index in [2.05, 4.69) is 26.1 Å². The summed E-state index contributed by atoms with van der Waals surface area (Å²) >= 11 is 0. The van der Waals surface area contributed by atoms with Crippen LogP contribution < -0.4 is 5.32 Å². The van der Waals surface area contributed by atoms with Crippen molar-refractivity contribution >= 4 is 13.2 Å². The van der Waals surface area contributed by atoms with Gasteiger partial charge in [-0.1, -0.05) is 13.8 Å². The highest BCUT2D eigenvalue weighted by atomic mass is 16.7. The monoisotopic (exact) mass is 353 g/mol. The SMILES string of the molecule is CC(C)(C)OC(=O)N[C@H](CO)CB1O[C@@H]2C[C@@H]3C[C@@H](C3(C)C)[C@]2(C)O1. The molecule has 1 heterocycles. The second-order valence-electron chi connectivity index (χ2n) is 9.66. The predicted octanol–water partition coefficient (Wildman–Crippen LogP) is 2.60. The fourth-order valence-electron chi connectivity index (χ4n) is 4.94. The van der Waals surface area contributed by atoms with Crippen molar-refractivity contribution in [1.29, 1.82) is 0 Å². The summed E-state index contributed by atoms with van der Waals surface area (Å²) in [5.41, 5.74) is -0.539. The number of carbonyl (C=O) groups excluding carboxylic acids is 1. The lowest BCUT2D eigenvalue weighted by Gasteiger charge is -2.64. The Hall–Kier alpha value is -0.785. The van der Waals surface area contributed by atoms with E-state index < -0.39 is 24.9 Å². The minimum atomic E-state index is -0.570. The molecule has 0 aromatic rings. The summed E-state index contributed by atoms with van der Waals surface area (Å²) in [6.45, 7) is 12.1. The van der Waals surface area contributed by atoms with E-state index in [1.54, 1.807) is 0 Å². The highest BCUT2D eigenvalue weighted by Gasteiger charge is 2.67. The summed E-state index contributed by atoms with van der Waals surface area (Å²) < 4.78 is 17.7. The largest absolute Gasteiger partial charge is 0.459 e. The lowest BCUT2D eigenvalue weighted by molar-refractivity contribution is -0.199. The molecule has 25 heavy (non-hydrogen) atoms. The normalized spacial score (nSPS) is 37.1. The number of rotatable bonds is 4. The fraction of sp³-hybridized carbons (Fsp3) is 0.944. The quantitative estimate of drug-likeness (QED) is 0.760. The maximum absolute atomic E-state index is 11.9. The molecule has 4 aliphatic rings. The van der Waals surface area contributed by atoms with Crippen LogP contribution in [-0.2, 0) is 14.0 Å². The average molecular weight is 353 g/mol. The van der Waals surface area contributed by atoms with Crippen LogP contribution in [0, 0.1) is 17.3 Å². The molecule has 3 aliphatic carbocycles. The number of nitrogens with one attached hydrogen (secondary N) is 1. The maximum Gasteiger partial charge on any atom is 0.459 e. The number of amides is 1. The summed E-state index contributed by atoms with van der Waals surface area (Å²) in [7, 11) is -0.405. The number of hydrogen-bond acceptors (Lipinski definition) is 5. The molecule has 1 saturated heterocycles. The lowest BCUT2D eigenvalue weighted by Crippen LogP contribution is -2.65. The number of carbonyl (C=O) groups is 1. The van der Waals surface area contributed by atoms with Gasteiger partial charge in [-0.2, -0.15) is 0 Å². The van der Waals surface area contributed by atoms with E-state index in [1.165, 1.54) is 6.42 Å². The fourth-order valence-corrected chi connectivity index (χ4v) is 4.94. The Bertz CT molecular complexity index is 534. The number of aliphatic hydroxyl groups excluding tert-OH is 1. The molecule has 6 nitrogen and oxygen atoms in total. The zero-order valence-corrected chi connectivity index (χ0v) is 16.3. The highest BCUT2D eigenvalue weighted by Crippen LogP contribution is 2.65. The molecule has 1 amide bonds. The van der Waals surface area contributed by atoms with Crippen LogP contribution in [0.4, 0.5) is 4.79 Å². The van der Waals surface area contributed by atoms with Crippen molar-refractivity contribution in [3.05, 3.63) is 0 Å². The van der Waals surface area contributed by atoms with Crippen molar-refractivity contribution in [2.75, 3.05) is 6.61 Å². The second kappa shape index (κ2) is 6.13. The van der Waals surface area contributed by atoms with Crippen LogP contribution in [-0.4, -0.2) is 48.3 Å². The first-order chi connectivity index (χ1) is 11.5. The molecule has 1 aliphatic heterocycles. The predicted molar refractivity (Wildman–Crippen MR) is 95.2 cm³/mol. The van der Waals surface area contributed by atoms with Crippen LogP contribution >= 0.6 is 0 Å². The van der Waals surface area contributed by atoms with E-state index in [0.29, 0.717) is 23.6 Å². The molecule has 4 rings (SSSR count). The van der Waals surface area contributed by atoms with E-state index in [0.717, 1.165) is 6.42 Å². The Morgan fingerprint density at radius 1 is 1.36 bits per heavy atom. The minimum Gasteiger partial charge on any atom is -0.444 e. The zero-order valence-electron chi connectivity index (χ0n) is 16.3. The van der Waals surface area contributed by atoms with Gasteiger partial charge in [0.2, 0.25) is 0 Å². The van der Waals surface area contributed by atoms with Gasteiger partial charge in [-0.15, -0.1) is 0 Å². The summed E-state index contributed by atoms with van der Waals surface area (Å²) in [5, 5.41) is 12.3. The van der Waals surface area contributed by atoms with Crippen molar-refractivity contribution in [3.63, 3.8) is 0 Å². The van der Waals surface area contributed by atoms with E-state index in [-0.39, 0.29) is 18.3 Å². The van der Waals surface area contributed by atoms with Gasteiger partial charge in [-0.3, -0.25) is 0 Å². The molecule has 0 spiro atoms. The van der Waals surface area contributed by atoms with Gasteiger partial charge in [0.05, 0.1) is 24.4 Å². The Labute approximate surface area is 151 Å². The summed E-state index contributed by atoms with van der Waals surface area (Å²) in [5.74, 6) is 1.20. The van der Waals surface area contributed by atoms with Gasteiger partial charge in [-0.25, -0.2) is 4.79 Å². The summed E-state index contributed by atoms with van der Waals surface area (Å²) in [4.78, 5) is 11.9. The molecule has 5 atom stereocenters. The van der Waals surface area contributed by atoms with Gasteiger partial charge in [0.1, 0.15) is 5.60 Å². The van der Waals surface area contributed by atoms with Crippen LogP contribution in [0.5, 0.6) is 0 Å². The van der Waals surface area contributed by atoms with E-state index in [9.17, 15) is 9.90 Å². The van der Waals surface area contributed by atoms with Gasteiger partial charge >= 0.3 is 13.2 Å². The Morgan fingerprint density at radius 2 is 2.04 bits per heavy atom. The maximum atomic E-state index is 11.9. The van der Waals surface area contributed by atoms with E-state index in [4.69, 9.17) is 14.0 Å². The van der Waals surface area contributed by atoms with Crippen molar-refractivity contribution in [2.24, 2.45) is 17.3 Å². The third kappa shape index (κ3) is 3.43. The van der Waals surface area contributed by atoms with Crippen molar-refractivity contribution in [1.82, 2.24) is 5.32 Å². The number of hydrogen-bond donors (Lipinski definition) is 2. The molecular formula is C18H32BNO5. The molecule has 0 radical (unpaired) electrons. The molecule has 3 saturated carbocycles. The third-order valence-corrected chi connectivity index (χ3v) is 6.42. The molecule has 0 aromatic carbocycles. The molecule has 7 heteroatoms. The Kier molecular flexibility index (Phi) is 4.66. The highest BCUT2D eigenvalue weighted by molar-refractivity contribution is 6.45. The molecule has 2 N–H and O–H groups in total. The lowest BCUT2D eigenvalue weighted by atomic mass is 9.43. The van der Waals surface area contributed by atoms with Crippen molar-refractivity contribution < 1.29 is 23.9 Å². The van der Waals surface area contributed by atoms with Crippen LogP contribution in [0.25, 0.3) is 0 Å². The van der Waals surface area contributed by atoms with E-state index >= 15 is 0 Å². The third-order valence-electron chi connectivity index (χ3n) is 6.42. The molecule has 0 aromatic heterocycles. The Morgan fingerprint density at radius 3 is 2.60 bits per heavy atom. The van der Waals surface area contributed by atoms with Crippen LogP contribution in [0.1, 0.15) is 54.4 Å². The zero-order chi connectivity index (χ0) is 18.6. The second-order valence-corrected chi connectivity index (χ2v) is 9.66. The average Bonchev–Trinajstić information content (AvgIpc) is 2.79. The van der Waals surface area contributed by atoms with Gasteiger partial charge in [0.25, 0.3) is 0 Å². The first-order valence-corrected chi connectivity index (χ1v) is 9.39. The van der Waals surface area contributed by atoms with Gasteiger partial charge in [0.15, 0.2) is 0 Å². The Balaban J connectivity index is 1.58. The molecule has 0 unspecified atom stereocenters. The number of ether oxygens (including phenoxy) is 1. The van der Waals surface area contributed by atoms with E-state index in [1.807, 2.05) is 20.8 Å². The molecular weight excluding hydrogens is 321 g/mol. The smallest absolute Gasteiger partial charge is 0.444 e. The summed E-state index contributed by atoms with van der Waals surface area (Å²) in [6.07, 6.45) is 2.22. The van der Waals surface area contributed by atoms with Gasteiger partial charge in [-0.05, 0) is 57.8 Å². The van der Waals surface area contributed by atoms with Crippen molar-refractivity contribution in [3.8, 4) is 0 Å². The van der Waals surface area contributed by atoms with Crippen molar-refractivity contribution in [2.45, 2.75) is 84.1 Å². The topological polar surface area (TPSA) is 77.0 Å². The van der Waals surface area contributed by atoms with Gasteiger partial charge in [0, 0.05) is 6.32 Å². The van der Waals surface area contributed by atoms with Crippen LogP contribution in [0.3, 0.4) is 0 Å². The first-order valence-electron chi connectivity index (χ1n) is 9.39. The standard InChI is InChI=1S/C18H32BNO5/c1-16(2,3)23-15(22)20-12(10-21)9-19-24-14-8-11-7-13(17(11,4)5)18(14,6)25-19/h11-14,21H,7-10H2,1-6H3,(H,20,22)/t11-,12-,13-,14+,18-/m0/s1. The minimum absolute atomic E-state index is 0.107. The van der Waals surface area contributed by atoms with Gasteiger partial charge < -0.3 is 24.5 Å². The molecule has 142 valence electrons. The number of alkyl carbamates (subject to hydrolysis) is 1. The number of aliphatic hydroxyl groups is 1. The summed E-state index contributed by atoms with van der Waals surface area (Å²) in [6, 6.07) is -0.452. The van der Waals surface area contributed by atoms with Crippen LogP contribution in [0.2, 0.25) is 6.32 Å². The first kappa shape index (κ1) is 19.0. The van der Waals surface area contributed by atoms with Crippen LogP contribution in [0.15, 0.2) is 0 Å². The molecule has 4 fully saturated rings. The molecule has 2 bridgehead atoms.